The van der Waals surface area contributed by atoms with Gasteiger partial charge >= 0.3 is 17.8 Å². The van der Waals surface area contributed by atoms with Crippen LogP contribution in [0.25, 0.3) is 22.4 Å². The molecule has 2 aliphatic heterocycles. The second kappa shape index (κ2) is 7.62. The van der Waals surface area contributed by atoms with Crippen LogP contribution in [0, 0.1) is 0 Å². The van der Waals surface area contributed by atoms with E-state index in [0.29, 0.717) is 37.0 Å². The molecule has 0 N–H and O–H groups in total. The first-order valence-electron chi connectivity index (χ1n) is 9.68. The van der Waals surface area contributed by atoms with Gasteiger partial charge in [-0.3, -0.25) is 4.98 Å². The zero-order valence-electron chi connectivity index (χ0n) is 15.9. The summed E-state index contributed by atoms with van der Waals surface area (Å²) in [6, 6.07) is 9.35. The molecule has 0 bridgehead atoms. The largest absolute Gasteiger partial charge is 0.421 e. The van der Waals surface area contributed by atoms with Crippen molar-refractivity contribution in [2.45, 2.75) is 38.1 Å². The summed E-state index contributed by atoms with van der Waals surface area (Å²) in [5, 5.41) is 8.21. The van der Waals surface area contributed by atoms with E-state index in [4.69, 9.17) is 13.9 Å². The number of hydrogen-bond acceptors (Lipinski definition) is 10. The van der Waals surface area contributed by atoms with Crippen molar-refractivity contribution in [1.29, 1.82) is 0 Å². The number of carbonyl (C=O) groups excluding carboxylic acids is 2. The monoisotopic (exact) mass is 426 g/mol. The van der Waals surface area contributed by atoms with Crippen LogP contribution < -0.4 is 0 Å². The van der Waals surface area contributed by atoms with Crippen LogP contribution in [0.2, 0.25) is 0 Å². The van der Waals surface area contributed by atoms with E-state index in [1.54, 1.807) is 12.3 Å². The predicted molar refractivity (Wildman–Crippen MR) is 105 cm³/mol. The van der Waals surface area contributed by atoms with Crippen molar-refractivity contribution < 1.29 is 23.5 Å². The predicted octanol–water partition coefficient (Wildman–Crippen LogP) is 2.99. The van der Waals surface area contributed by atoms with Crippen LogP contribution in [-0.4, -0.2) is 44.5 Å². The summed E-state index contributed by atoms with van der Waals surface area (Å²) in [6.07, 6.45) is 4.89. The molecule has 0 amide bonds. The molecule has 0 saturated carbocycles. The van der Waals surface area contributed by atoms with Crippen LogP contribution in [0.1, 0.15) is 30.6 Å². The van der Waals surface area contributed by atoms with Gasteiger partial charge in [0.1, 0.15) is 5.69 Å². The summed E-state index contributed by atoms with van der Waals surface area (Å²) in [4.78, 5) is 31.4. The summed E-state index contributed by atoms with van der Waals surface area (Å²) in [5.41, 5.74) is 0.615. The second-order valence-corrected chi connectivity index (χ2v) is 8.29. The standard InChI is InChI=1S/C20H18N4O5S/c25-18-19(26)29-20(28-18)9-3-1-5-11-24(20)12-13-7-8-15(30-13)17-23-22-16(27-17)14-6-2-4-10-21-14/h2,4,6-8,10H,1,3,5,9,11-12H2. The molecule has 2 fully saturated rings. The van der Waals surface area contributed by atoms with Gasteiger partial charge in [-0.25, -0.2) is 14.5 Å². The van der Waals surface area contributed by atoms with E-state index < -0.39 is 17.8 Å². The highest BCUT2D eigenvalue weighted by Crippen LogP contribution is 2.37. The summed E-state index contributed by atoms with van der Waals surface area (Å²) < 4.78 is 16.5. The molecule has 0 atom stereocenters. The number of thiophene rings is 1. The first-order chi connectivity index (χ1) is 14.6. The lowest BCUT2D eigenvalue weighted by Crippen LogP contribution is -2.49. The Labute approximate surface area is 175 Å². The Morgan fingerprint density at radius 2 is 1.83 bits per heavy atom. The topological polar surface area (TPSA) is 108 Å². The quantitative estimate of drug-likeness (QED) is 0.459. The lowest BCUT2D eigenvalue weighted by atomic mass is 10.2. The fourth-order valence-corrected chi connectivity index (χ4v) is 4.61. The average molecular weight is 426 g/mol. The van der Waals surface area contributed by atoms with Crippen molar-refractivity contribution >= 4 is 23.3 Å². The number of rotatable bonds is 4. The molecule has 3 aromatic rings. The number of nitrogens with zero attached hydrogens (tertiary/aromatic N) is 4. The Kier molecular flexibility index (Phi) is 4.80. The first-order valence-corrected chi connectivity index (χ1v) is 10.5. The van der Waals surface area contributed by atoms with Crippen LogP contribution in [0.15, 0.2) is 40.9 Å². The van der Waals surface area contributed by atoms with Crippen LogP contribution in [0.4, 0.5) is 0 Å². The SMILES string of the molecule is O=C1OC2(CCCCCN2Cc2ccc(-c3nnc(-c4ccccn4)o3)s2)OC1=O. The minimum absolute atomic E-state index is 0.358. The van der Waals surface area contributed by atoms with E-state index in [-0.39, 0.29) is 0 Å². The number of esters is 2. The summed E-state index contributed by atoms with van der Waals surface area (Å²) >= 11 is 1.50. The van der Waals surface area contributed by atoms with Crippen molar-refractivity contribution in [3.8, 4) is 22.4 Å². The first kappa shape index (κ1) is 18.9. The van der Waals surface area contributed by atoms with Gasteiger partial charge in [0, 0.05) is 30.6 Å². The highest BCUT2D eigenvalue weighted by atomic mass is 32.1. The van der Waals surface area contributed by atoms with Gasteiger partial charge in [0.25, 0.3) is 11.8 Å². The normalized spacial score (nSPS) is 18.9. The van der Waals surface area contributed by atoms with Crippen molar-refractivity contribution in [2.75, 3.05) is 6.54 Å². The number of ether oxygens (including phenoxy) is 2. The van der Waals surface area contributed by atoms with Crippen LogP contribution in [0.5, 0.6) is 0 Å². The van der Waals surface area contributed by atoms with Gasteiger partial charge in [0.2, 0.25) is 0 Å². The van der Waals surface area contributed by atoms with E-state index in [1.165, 1.54) is 11.3 Å². The third-order valence-corrected chi connectivity index (χ3v) is 6.16. The third-order valence-electron chi connectivity index (χ3n) is 5.10. The lowest BCUT2D eigenvalue weighted by Gasteiger charge is -2.35. The highest BCUT2D eigenvalue weighted by molar-refractivity contribution is 7.15. The summed E-state index contributed by atoms with van der Waals surface area (Å²) in [5.74, 6) is -2.39. The molecule has 10 heteroatoms. The zero-order valence-corrected chi connectivity index (χ0v) is 16.8. The van der Waals surface area contributed by atoms with Gasteiger partial charge in [0.15, 0.2) is 0 Å². The van der Waals surface area contributed by atoms with E-state index in [2.05, 4.69) is 15.2 Å². The molecular formula is C20H18N4O5S. The van der Waals surface area contributed by atoms with Crippen molar-refractivity contribution in [2.24, 2.45) is 0 Å². The Hall–Kier alpha value is -3.11. The summed E-state index contributed by atoms with van der Waals surface area (Å²) in [6.45, 7) is 1.14. The minimum Gasteiger partial charge on any atom is -0.414 e. The van der Waals surface area contributed by atoms with E-state index in [1.807, 2.05) is 29.2 Å². The Bertz CT molecular complexity index is 1060. The molecule has 0 unspecified atom stereocenters. The zero-order chi connectivity index (χ0) is 20.6. The fourth-order valence-electron chi connectivity index (χ4n) is 3.66. The van der Waals surface area contributed by atoms with Crippen LogP contribution >= 0.6 is 11.3 Å². The maximum absolute atomic E-state index is 11.7. The van der Waals surface area contributed by atoms with Gasteiger partial charge in [-0.05, 0) is 37.1 Å². The molecule has 3 aromatic heterocycles. The third kappa shape index (κ3) is 3.48. The van der Waals surface area contributed by atoms with Crippen LogP contribution in [-0.2, 0) is 25.6 Å². The van der Waals surface area contributed by atoms with Crippen LogP contribution in [0.3, 0.4) is 0 Å². The van der Waals surface area contributed by atoms with Gasteiger partial charge in [-0.2, -0.15) is 0 Å². The van der Waals surface area contributed by atoms with Crippen molar-refractivity contribution in [1.82, 2.24) is 20.1 Å². The number of aromatic nitrogens is 3. The molecule has 9 nitrogen and oxygen atoms in total. The lowest BCUT2D eigenvalue weighted by molar-refractivity contribution is -0.254. The van der Waals surface area contributed by atoms with Gasteiger partial charge < -0.3 is 13.9 Å². The van der Waals surface area contributed by atoms with Crippen molar-refractivity contribution in [3.63, 3.8) is 0 Å². The molecule has 2 saturated heterocycles. The number of hydrogen-bond donors (Lipinski definition) is 0. The average Bonchev–Trinajstić information content (AvgIpc) is 3.45. The molecule has 1 spiro atoms. The molecule has 5 rings (SSSR count). The minimum atomic E-state index is -1.30. The Balaban J connectivity index is 1.36. The number of pyridine rings is 1. The highest BCUT2D eigenvalue weighted by Gasteiger charge is 2.53. The number of likely N-dealkylation sites (tertiary alicyclic amines) is 1. The molecular weight excluding hydrogens is 408 g/mol. The molecule has 2 aliphatic rings. The second-order valence-electron chi connectivity index (χ2n) is 7.12. The van der Waals surface area contributed by atoms with E-state index >= 15 is 0 Å². The maximum atomic E-state index is 11.7. The molecule has 30 heavy (non-hydrogen) atoms. The molecule has 5 heterocycles. The Morgan fingerprint density at radius 3 is 2.63 bits per heavy atom. The number of carbonyl (C=O) groups is 2. The Morgan fingerprint density at radius 1 is 1.00 bits per heavy atom. The smallest absolute Gasteiger partial charge is 0.414 e. The summed E-state index contributed by atoms with van der Waals surface area (Å²) in [7, 11) is 0. The molecule has 0 radical (unpaired) electrons. The van der Waals surface area contributed by atoms with Crippen molar-refractivity contribution in [3.05, 3.63) is 41.4 Å². The van der Waals surface area contributed by atoms with Gasteiger partial charge in [0.05, 0.1) is 4.88 Å². The fraction of sp³-hybridized carbons (Fsp3) is 0.350. The molecule has 154 valence electrons. The maximum Gasteiger partial charge on any atom is 0.421 e. The van der Waals surface area contributed by atoms with Gasteiger partial charge in [-0.15, -0.1) is 21.5 Å². The van der Waals surface area contributed by atoms with Gasteiger partial charge in [-0.1, -0.05) is 12.5 Å². The molecule has 0 aromatic carbocycles. The van der Waals surface area contributed by atoms with E-state index in [0.717, 1.165) is 29.0 Å². The van der Waals surface area contributed by atoms with E-state index in [9.17, 15) is 9.59 Å². The molecule has 0 aliphatic carbocycles.